The van der Waals surface area contributed by atoms with E-state index >= 15 is 0 Å². The predicted molar refractivity (Wildman–Crippen MR) is 58.6 cm³/mol. The van der Waals surface area contributed by atoms with E-state index in [1.165, 1.54) is 6.07 Å². The van der Waals surface area contributed by atoms with Crippen molar-refractivity contribution in [2.24, 2.45) is 5.16 Å². The lowest BCUT2D eigenvalue weighted by molar-refractivity contribution is -0.137. The molecule has 0 amide bonds. The van der Waals surface area contributed by atoms with Crippen LogP contribution in [0, 0.1) is 0 Å². The molecule has 0 aliphatic rings. The quantitative estimate of drug-likeness (QED) is 0.569. The van der Waals surface area contributed by atoms with Crippen molar-refractivity contribution in [2.45, 2.75) is 32.5 Å². The number of rotatable bonds is 5. The van der Waals surface area contributed by atoms with E-state index in [0.717, 1.165) is 18.6 Å². The summed E-state index contributed by atoms with van der Waals surface area (Å²) in [4.78, 5) is 4.84. The van der Waals surface area contributed by atoms with Gasteiger partial charge in [-0.2, -0.15) is 13.2 Å². The van der Waals surface area contributed by atoms with Gasteiger partial charge in [0.25, 0.3) is 0 Å². The van der Waals surface area contributed by atoms with E-state index in [2.05, 4.69) is 11.4 Å². The Balaban J connectivity index is 2.55. The summed E-state index contributed by atoms with van der Waals surface area (Å²) in [7, 11) is 0. The van der Waals surface area contributed by atoms with Crippen molar-refractivity contribution in [1.29, 1.82) is 0 Å². The van der Waals surface area contributed by atoms with E-state index in [9.17, 15) is 13.2 Å². The molecule has 17 heavy (non-hydrogen) atoms. The first-order valence-electron chi connectivity index (χ1n) is 5.25. The van der Waals surface area contributed by atoms with Crippen LogP contribution >= 0.6 is 0 Å². The van der Waals surface area contributed by atoms with Gasteiger partial charge in [0.05, 0.1) is 5.56 Å². The summed E-state index contributed by atoms with van der Waals surface area (Å²) in [6.07, 6.45) is -0.127. The standard InChI is InChI=1S/C12H13F3NO/c1-2-3-7-16-17-9-10-5-4-6-11(8-10)12(13,14)15/h4-6,8H,2-3,9H2,1H3. The van der Waals surface area contributed by atoms with E-state index in [-0.39, 0.29) is 6.61 Å². The fourth-order valence-electron chi connectivity index (χ4n) is 1.15. The monoisotopic (exact) mass is 244 g/mol. The largest absolute Gasteiger partial charge is 0.416 e. The molecule has 5 heteroatoms. The molecule has 0 bridgehead atoms. The van der Waals surface area contributed by atoms with Gasteiger partial charge in [-0.15, -0.1) is 0 Å². The summed E-state index contributed by atoms with van der Waals surface area (Å²) in [5, 5.41) is 3.52. The third-order valence-electron chi connectivity index (χ3n) is 1.98. The van der Waals surface area contributed by atoms with E-state index in [4.69, 9.17) is 4.84 Å². The van der Waals surface area contributed by atoms with Crippen LogP contribution in [0.5, 0.6) is 0 Å². The molecule has 0 aromatic heterocycles. The Labute approximate surface area is 98.1 Å². The Bertz CT molecular complexity index is 374. The number of unbranched alkanes of at least 4 members (excludes halogenated alkanes) is 1. The molecule has 1 aromatic rings. The Morgan fingerprint density at radius 3 is 2.76 bits per heavy atom. The molecule has 0 unspecified atom stereocenters. The summed E-state index contributed by atoms with van der Waals surface area (Å²) in [6.45, 7) is 1.98. The molecule has 0 fully saturated rings. The van der Waals surface area contributed by atoms with Crippen LogP contribution in [0.15, 0.2) is 29.4 Å². The molecule has 1 aromatic carbocycles. The minimum atomic E-state index is -4.33. The zero-order chi connectivity index (χ0) is 12.7. The van der Waals surface area contributed by atoms with Gasteiger partial charge in [0.2, 0.25) is 0 Å². The Morgan fingerprint density at radius 1 is 1.35 bits per heavy atom. The van der Waals surface area contributed by atoms with Gasteiger partial charge in [0, 0.05) is 0 Å². The summed E-state index contributed by atoms with van der Waals surface area (Å²) in [5.41, 5.74) is -0.248. The molecule has 0 aliphatic heterocycles. The van der Waals surface area contributed by atoms with Gasteiger partial charge in [-0.1, -0.05) is 30.6 Å². The van der Waals surface area contributed by atoms with Crippen LogP contribution in [-0.2, 0) is 17.6 Å². The maximum atomic E-state index is 12.4. The molecule has 1 rings (SSSR count). The average molecular weight is 244 g/mol. The minimum Gasteiger partial charge on any atom is -0.391 e. The summed E-state index contributed by atoms with van der Waals surface area (Å²) in [6, 6.07) is 4.98. The second-order valence-corrected chi connectivity index (χ2v) is 3.47. The maximum Gasteiger partial charge on any atom is 0.416 e. The lowest BCUT2D eigenvalue weighted by Crippen LogP contribution is -2.05. The van der Waals surface area contributed by atoms with Crippen molar-refractivity contribution in [3.63, 3.8) is 0 Å². The third-order valence-corrected chi connectivity index (χ3v) is 1.98. The van der Waals surface area contributed by atoms with Crippen LogP contribution in [0.4, 0.5) is 13.2 Å². The highest BCUT2D eigenvalue weighted by molar-refractivity contribution is 5.55. The van der Waals surface area contributed by atoms with Gasteiger partial charge in [-0.05, 0) is 24.1 Å². The highest BCUT2D eigenvalue weighted by atomic mass is 19.4. The van der Waals surface area contributed by atoms with Crippen LogP contribution in [0.1, 0.15) is 30.9 Å². The molecule has 0 atom stereocenters. The molecule has 93 valence electrons. The van der Waals surface area contributed by atoms with Gasteiger partial charge < -0.3 is 4.84 Å². The molecule has 0 spiro atoms. The molecular formula is C12H13F3NO. The number of benzene rings is 1. The van der Waals surface area contributed by atoms with Crippen LogP contribution in [0.3, 0.4) is 0 Å². The van der Waals surface area contributed by atoms with E-state index < -0.39 is 11.7 Å². The summed E-state index contributed by atoms with van der Waals surface area (Å²) < 4.78 is 37.1. The smallest absolute Gasteiger partial charge is 0.391 e. The average Bonchev–Trinajstić information content (AvgIpc) is 2.28. The van der Waals surface area contributed by atoms with Crippen molar-refractivity contribution in [2.75, 3.05) is 0 Å². The normalized spacial score (nSPS) is 12.0. The summed E-state index contributed by atoms with van der Waals surface area (Å²) >= 11 is 0. The molecule has 0 N–H and O–H groups in total. The van der Waals surface area contributed by atoms with Crippen molar-refractivity contribution < 1.29 is 18.0 Å². The van der Waals surface area contributed by atoms with Crippen molar-refractivity contribution in [3.8, 4) is 0 Å². The zero-order valence-electron chi connectivity index (χ0n) is 9.42. The van der Waals surface area contributed by atoms with Gasteiger partial charge in [-0.25, -0.2) is 0 Å². The topological polar surface area (TPSA) is 21.6 Å². The summed E-state index contributed by atoms with van der Waals surface area (Å²) in [5.74, 6) is 0. The number of hydrogen-bond donors (Lipinski definition) is 0. The fourth-order valence-corrected chi connectivity index (χ4v) is 1.15. The Morgan fingerprint density at radius 2 is 2.12 bits per heavy atom. The second kappa shape index (κ2) is 6.27. The Kier molecular flexibility index (Phi) is 5.00. The van der Waals surface area contributed by atoms with Gasteiger partial charge >= 0.3 is 6.18 Å². The fraction of sp³-hybridized carbons (Fsp3) is 0.417. The van der Waals surface area contributed by atoms with Crippen LogP contribution in [0.2, 0.25) is 0 Å². The molecule has 2 nitrogen and oxygen atoms in total. The molecular weight excluding hydrogens is 231 g/mol. The third kappa shape index (κ3) is 4.89. The minimum absolute atomic E-state index is 0.0145. The maximum absolute atomic E-state index is 12.4. The van der Waals surface area contributed by atoms with Crippen molar-refractivity contribution >= 4 is 6.21 Å². The zero-order valence-corrected chi connectivity index (χ0v) is 9.42. The van der Waals surface area contributed by atoms with Gasteiger partial charge in [0.15, 0.2) is 0 Å². The van der Waals surface area contributed by atoms with Crippen LogP contribution < -0.4 is 0 Å². The van der Waals surface area contributed by atoms with Crippen molar-refractivity contribution in [3.05, 3.63) is 35.4 Å². The molecule has 0 saturated carbocycles. The number of alkyl halides is 3. The van der Waals surface area contributed by atoms with E-state index in [0.29, 0.717) is 12.0 Å². The lowest BCUT2D eigenvalue weighted by Gasteiger charge is -2.07. The Hall–Kier alpha value is -1.52. The van der Waals surface area contributed by atoms with Gasteiger partial charge in [-0.3, -0.25) is 0 Å². The van der Waals surface area contributed by atoms with E-state index in [1.54, 1.807) is 6.07 Å². The molecule has 0 heterocycles. The van der Waals surface area contributed by atoms with E-state index in [1.807, 2.05) is 6.92 Å². The number of halogens is 3. The van der Waals surface area contributed by atoms with Crippen LogP contribution in [-0.4, -0.2) is 6.21 Å². The highest BCUT2D eigenvalue weighted by Crippen LogP contribution is 2.29. The molecule has 0 aliphatic carbocycles. The SMILES string of the molecule is CCC/[C]=N/OCc1cccc(C(F)(F)F)c1. The first kappa shape index (κ1) is 13.5. The number of nitrogens with zero attached hydrogens (tertiary/aromatic N) is 1. The number of hydrogen-bond acceptors (Lipinski definition) is 2. The first-order chi connectivity index (χ1) is 8.04. The van der Waals surface area contributed by atoms with Gasteiger partial charge in [0.1, 0.15) is 12.8 Å². The highest BCUT2D eigenvalue weighted by Gasteiger charge is 2.30. The van der Waals surface area contributed by atoms with Crippen molar-refractivity contribution in [1.82, 2.24) is 0 Å². The van der Waals surface area contributed by atoms with Crippen LogP contribution in [0.25, 0.3) is 0 Å². The first-order valence-corrected chi connectivity index (χ1v) is 5.25. The lowest BCUT2D eigenvalue weighted by atomic mass is 10.1. The predicted octanol–water partition coefficient (Wildman–Crippen LogP) is 3.88. The molecule has 0 saturated heterocycles. The second-order valence-electron chi connectivity index (χ2n) is 3.47. The molecule has 1 radical (unpaired) electrons.